The summed E-state index contributed by atoms with van der Waals surface area (Å²) in [5, 5.41) is 3.07. The van der Waals surface area contributed by atoms with Crippen LogP contribution in [0.3, 0.4) is 0 Å². The van der Waals surface area contributed by atoms with Gasteiger partial charge in [-0.1, -0.05) is 26.2 Å². The highest BCUT2D eigenvalue weighted by atomic mass is 16.5. The summed E-state index contributed by atoms with van der Waals surface area (Å²) in [7, 11) is 1.68. The molecule has 0 aliphatic heterocycles. The van der Waals surface area contributed by atoms with Gasteiger partial charge in [0.2, 0.25) is 0 Å². The van der Waals surface area contributed by atoms with Crippen LogP contribution in [-0.2, 0) is 4.74 Å². The third-order valence-electron chi connectivity index (χ3n) is 2.10. The Balaban J connectivity index is 3.51. The fraction of sp³-hybridized carbons (Fsp3) is 0.909. The Kier molecular flexibility index (Phi) is 9.27. The lowest BCUT2D eigenvalue weighted by Crippen LogP contribution is -2.40. The molecule has 4 heteroatoms. The molecule has 0 amide bonds. The van der Waals surface area contributed by atoms with Crippen LogP contribution in [0.25, 0.3) is 0 Å². The van der Waals surface area contributed by atoms with Crippen LogP contribution in [0, 0.1) is 0 Å². The van der Waals surface area contributed by atoms with Crippen molar-refractivity contribution >= 4 is 5.96 Å². The van der Waals surface area contributed by atoms with Crippen molar-refractivity contribution in [1.29, 1.82) is 0 Å². The van der Waals surface area contributed by atoms with Crippen LogP contribution in [0.1, 0.15) is 39.5 Å². The summed E-state index contributed by atoms with van der Waals surface area (Å²) in [4.78, 5) is 4.25. The van der Waals surface area contributed by atoms with Crippen LogP contribution in [0.4, 0.5) is 0 Å². The lowest BCUT2D eigenvalue weighted by molar-refractivity contribution is 0.179. The Morgan fingerprint density at radius 3 is 2.73 bits per heavy atom. The zero-order valence-corrected chi connectivity index (χ0v) is 10.3. The number of nitrogens with one attached hydrogen (secondary N) is 1. The summed E-state index contributed by atoms with van der Waals surface area (Å²) < 4.78 is 4.99. The number of aliphatic imine (C=N–C) groups is 1. The van der Waals surface area contributed by atoms with E-state index in [1.165, 1.54) is 19.3 Å². The number of guanidine groups is 1. The number of unbranched alkanes of at least 4 members (excludes halogenated alkanes) is 3. The first kappa shape index (κ1) is 14.2. The molecule has 0 aliphatic carbocycles. The molecular formula is C11H25N3O. The number of hydrogen-bond donors (Lipinski definition) is 2. The fourth-order valence-electron chi connectivity index (χ4n) is 1.33. The molecular weight excluding hydrogens is 190 g/mol. The lowest BCUT2D eigenvalue weighted by Gasteiger charge is -2.12. The maximum atomic E-state index is 5.70. The summed E-state index contributed by atoms with van der Waals surface area (Å²) in [5.41, 5.74) is 5.70. The van der Waals surface area contributed by atoms with Crippen molar-refractivity contribution in [3.8, 4) is 0 Å². The smallest absolute Gasteiger partial charge is 0.188 e. The van der Waals surface area contributed by atoms with Crippen LogP contribution < -0.4 is 11.1 Å². The van der Waals surface area contributed by atoms with Crippen molar-refractivity contribution in [2.24, 2.45) is 10.7 Å². The van der Waals surface area contributed by atoms with Gasteiger partial charge in [0.15, 0.2) is 5.96 Å². The van der Waals surface area contributed by atoms with Crippen LogP contribution in [0.15, 0.2) is 4.99 Å². The highest BCUT2D eigenvalue weighted by Gasteiger charge is 2.00. The molecule has 90 valence electrons. The molecule has 0 aromatic carbocycles. The summed E-state index contributed by atoms with van der Waals surface area (Å²) in [6.07, 6.45) is 4.89. The van der Waals surface area contributed by atoms with Crippen molar-refractivity contribution in [3.63, 3.8) is 0 Å². The Morgan fingerprint density at radius 2 is 2.13 bits per heavy atom. The molecule has 0 saturated heterocycles. The van der Waals surface area contributed by atoms with E-state index in [0.717, 1.165) is 13.0 Å². The molecule has 0 spiro atoms. The number of nitrogens with zero attached hydrogens (tertiary/aromatic N) is 1. The number of ether oxygens (including phenoxy) is 1. The predicted molar refractivity (Wildman–Crippen MR) is 65.1 cm³/mol. The van der Waals surface area contributed by atoms with Crippen LogP contribution in [-0.4, -0.2) is 32.3 Å². The van der Waals surface area contributed by atoms with E-state index >= 15 is 0 Å². The van der Waals surface area contributed by atoms with Gasteiger partial charge in [-0.2, -0.15) is 0 Å². The summed E-state index contributed by atoms with van der Waals surface area (Å²) in [5.74, 6) is 0.524. The predicted octanol–water partition coefficient (Wildman–Crippen LogP) is 1.51. The second-order valence-corrected chi connectivity index (χ2v) is 3.83. The normalized spacial score (nSPS) is 13.9. The van der Waals surface area contributed by atoms with Gasteiger partial charge in [-0.3, -0.25) is 4.99 Å². The van der Waals surface area contributed by atoms with E-state index in [0.29, 0.717) is 12.6 Å². The van der Waals surface area contributed by atoms with Gasteiger partial charge in [0.25, 0.3) is 0 Å². The molecule has 0 aromatic rings. The fourth-order valence-corrected chi connectivity index (χ4v) is 1.33. The van der Waals surface area contributed by atoms with E-state index in [9.17, 15) is 0 Å². The average Bonchev–Trinajstić information content (AvgIpc) is 2.17. The van der Waals surface area contributed by atoms with E-state index in [1.54, 1.807) is 7.11 Å². The molecule has 1 unspecified atom stereocenters. The van der Waals surface area contributed by atoms with Gasteiger partial charge < -0.3 is 15.8 Å². The van der Waals surface area contributed by atoms with Gasteiger partial charge in [-0.25, -0.2) is 0 Å². The van der Waals surface area contributed by atoms with E-state index in [-0.39, 0.29) is 6.04 Å². The van der Waals surface area contributed by atoms with Crippen molar-refractivity contribution in [2.75, 3.05) is 20.3 Å². The number of hydrogen-bond acceptors (Lipinski definition) is 2. The zero-order chi connectivity index (χ0) is 11.5. The van der Waals surface area contributed by atoms with Crippen LogP contribution in [0.2, 0.25) is 0 Å². The Bertz CT molecular complexity index is 171. The lowest BCUT2D eigenvalue weighted by atomic mass is 10.2. The van der Waals surface area contributed by atoms with Crippen LogP contribution >= 0.6 is 0 Å². The first-order valence-electron chi connectivity index (χ1n) is 5.76. The minimum Gasteiger partial charge on any atom is -0.383 e. The van der Waals surface area contributed by atoms with Gasteiger partial charge in [0.05, 0.1) is 6.61 Å². The summed E-state index contributed by atoms with van der Waals surface area (Å²) in [6, 6.07) is 0.217. The van der Waals surface area contributed by atoms with E-state index in [4.69, 9.17) is 10.5 Å². The van der Waals surface area contributed by atoms with Gasteiger partial charge >= 0.3 is 0 Å². The molecule has 0 aromatic heterocycles. The van der Waals surface area contributed by atoms with Crippen molar-refractivity contribution in [3.05, 3.63) is 0 Å². The standard InChI is InChI=1S/C11H25N3O/c1-4-5-6-7-8-13-11(12)14-10(2)9-15-3/h10H,4-9H2,1-3H3,(H3,12,13,14). The van der Waals surface area contributed by atoms with E-state index < -0.39 is 0 Å². The first-order valence-corrected chi connectivity index (χ1v) is 5.76. The number of nitrogens with two attached hydrogens (primary N) is 1. The maximum Gasteiger partial charge on any atom is 0.188 e. The zero-order valence-electron chi connectivity index (χ0n) is 10.3. The molecule has 0 heterocycles. The van der Waals surface area contributed by atoms with E-state index in [1.807, 2.05) is 6.92 Å². The molecule has 0 radical (unpaired) electrons. The summed E-state index contributed by atoms with van der Waals surface area (Å²) >= 11 is 0. The first-order chi connectivity index (χ1) is 7.20. The van der Waals surface area contributed by atoms with Gasteiger partial charge in [0.1, 0.15) is 0 Å². The van der Waals surface area contributed by atoms with Gasteiger partial charge in [0, 0.05) is 19.7 Å². The minimum atomic E-state index is 0.217. The summed E-state index contributed by atoms with van der Waals surface area (Å²) in [6.45, 7) is 5.68. The molecule has 0 saturated carbocycles. The van der Waals surface area contributed by atoms with Crippen molar-refractivity contribution < 1.29 is 4.74 Å². The molecule has 15 heavy (non-hydrogen) atoms. The van der Waals surface area contributed by atoms with Crippen molar-refractivity contribution in [1.82, 2.24) is 5.32 Å². The molecule has 0 aliphatic rings. The van der Waals surface area contributed by atoms with Crippen molar-refractivity contribution in [2.45, 2.75) is 45.6 Å². The molecule has 0 fully saturated rings. The Labute approximate surface area is 93.3 Å². The molecule has 3 N–H and O–H groups in total. The third-order valence-corrected chi connectivity index (χ3v) is 2.10. The molecule has 0 bridgehead atoms. The highest BCUT2D eigenvalue weighted by molar-refractivity contribution is 5.78. The maximum absolute atomic E-state index is 5.70. The Morgan fingerprint density at radius 1 is 1.40 bits per heavy atom. The number of methoxy groups -OCH3 is 1. The highest BCUT2D eigenvalue weighted by Crippen LogP contribution is 1.98. The second kappa shape index (κ2) is 9.77. The topological polar surface area (TPSA) is 59.6 Å². The Hall–Kier alpha value is -0.770. The van der Waals surface area contributed by atoms with Gasteiger partial charge in [-0.05, 0) is 13.3 Å². The molecule has 4 nitrogen and oxygen atoms in total. The van der Waals surface area contributed by atoms with Gasteiger partial charge in [-0.15, -0.1) is 0 Å². The molecule has 0 rings (SSSR count). The quantitative estimate of drug-likeness (QED) is 0.366. The average molecular weight is 215 g/mol. The second-order valence-electron chi connectivity index (χ2n) is 3.83. The largest absolute Gasteiger partial charge is 0.383 e. The molecule has 1 atom stereocenters. The monoisotopic (exact) mass is 215 g/mol. The van der Waals surface area contributed by atoms with E-state index in [2.05, 4.69) is 17.2 Å². The minimum absolute atomic E-state index is 0.217. The van der Waals surface area contributed by atoms with Crippen LogP contribution in [0.5, 0.6) is 0 Å². The number of rotatable bonds is 8. The SMILES string of the molecule is CCCCCCN=C(N)NC(C)COC. The third kappa shape index (κ3) is 9.53.